The van der Waals surface area contributed by atoms with Crippen LogP contribution < -0.4 is 5.32 Å². The zero-order valence-corrected chi connectivity index (χ0v) is 14.3. The highest BCUT2D eigenvalue weighted by atomic mass is 35.5. The maximum atomic E-state index is 6.00. The standard InChI is InChI=1S/C17H19ClN4O2/c1-22-8-7-19-17(22)16(12-3-5-13(18)6-4-12)20-10-15-9-14(11-23-2)21-24-15/h3-9,16,20H,10-11H2,1-2H3. The Bertz CT molecular complexity index is 782. The first-order valence-corrected chi connectivity index (χ1v) is 7.94. The third-order valence-corrected chi connectivity index (χ3v) is 3.95. The molecule has 0 aliphatic rings. The molecule has 0 aliphatic heterocycles. The molecule has 3 aromatic rings. The first-order chi connectivity index (χ1) is 11.7. The summed E-state index contributed by atoms with van der Waals surface area (Å²) in [7, 11) is 3.60. The largest absolute Gasteiger partial charge is 0.378 e. The van der Waals surface area contributed by atoms with Crippen LogP contribution in [0.25, 0.3) is 0 Å². The molecule has 0 saturated heterocycles. The van der Waals surface area contributed by atoms with Crippen LogP contribution in [0.2, 0.25) is 5.02 Å². The van der Waals surface area contributed by atoms with Crippen LogP contribution in [0.3, 0.4) is 0 Å². The lowest BCUT2D eigenvalue weighted by Crippen LogP contribution is -2.24. The van der Waals surface area contributed by atoms with Gasteiger partial charge in [0, 0.05) is 37.6 Å². The van der Waals surface area contributed by atoms with Crippen molar-refractivity contribution in [1.82, 2.24) is 20.0 Å². The Balaban J connectivity index is 1.79. The number of nitrogens with zero attached hydrogens (tertiary/aromatic N) is 3. The zero-order valence-electron chi connectivity index (χ0n) is 13.6. The summed E-state index contributed by atoms with van der Waals surface area (Å²) in [6.45, 7) is 0.959. The molecular formula is C17H19ClN4O2. The molecule has 0 spiro atoms. The number of rotatable bonds is 7. The second-order valence-corrected chi connectivity index (χ2v) is 5.92. The third kappa shape index (κ3) is 3.84. The Morgan fingerprint density at radius 2 is 2.12 bits per heavy atom. The fraction of sp³-hybridized carbons (Fsp3) is 0.294. The van der Waals surface area contributed by atoms with Gasteiger partial charge in [0.05, 0.1) is 19.2 Å². The van der Waals surface area contributed by atoms with Gasteiger partial charge in [0.25, 0.3) is 0 Å². The van der Waals surface area contributed by atoms with E-state index in [0.29, 0.717) is 18.2 Å². The Morgan fingerprint density at radius 1 is 1.33 bits per heavy atom. The van der Waals surface area contributed by atoms with E-state index in [1.54, 1.807) is 13.3 Å². The van der Waals surface area contributed by atoms with Crippen molar-refractivity contribution >= 4 is 11.6 Å². The second kappa shape index (κ2) is 7.61. The van der Waals surface area contributed by atoms with Gasteiger partial charge in [-0.25, -0.2) is 4.98 Å². The van der Waals surface area contributed by atoms with Crippen LogP contribution in [0.15, 0.2) is 47.2 Å². The number of methoxy groups -OCH3 is 1. The molecule has 3 rings (SSSR count). The molecule has 0 radical (unpaired) electrons. The molecule has 24 heavy (non-hydrogen) atoms. The van der Waals surface area contributed by atoms with E-state index in [0.717, 1.165) is 22.8 Å². The first-order valence-electron chi connectivity index (χ1n) is 7.57. The molecular weight excluding hydrogens is 328 g/mol. The van der Waals surface area contributed by atoms with Crippen molar-refractivity contribution in [2.75, 3.05) is 7.11 Å². The van der Waals surface area contributed by atoms with E-state index in [9.17, 15) is 0 Å². The van der Waals surface area contributed by atoms with Crippen molar-refractivity contribution in [3.63, 3.8) is 0 Å². The number of ether oxygens (including phenoxy) is 1. The van der Waals surface area contributed by atoms with Crippen molar-refractivity contribution in [3.8, 4) is 0 Å². The summed E-state index contributed by atoms with van der Waals surface area (Å²) in [5, 5.41) is 8.15. The molecule has 0 bridgehead atoms. The summed E-state index contributed by atoms with van der Waals surface area (Å²) in [6.07, 6.45) is 3.70. The van der Waals surface area contributed by atoms with Gasteiger partial charge < -0.3 is 13.8 Å². The summed E-state index contributed by atoms with van der Waals surface area (Å²) < 4.78 is 12.4. The highest BCUT2D eigenvalue weighted by Gasteiger charge is 2.18. The highest BCUT2D eigenvalue weighted by molar-refractivity contribution is 6.30. The van der Waals surface area contributed by atoms with Crippen LogP contribution >= 0.6 is 11.6 Å². The minimum Gasteiger partial charge on any atom is -0.378 e. The predicted octanol–water partition coefficient (Wildman–Crippen LogP) is 3.09. The van der Waals surface area contributed by atoms with Crippen molar-refractivity contribution in [2.24, 2.45) is 7.05 Å². The van der Waals surface area contributed by atoms with Crippen LogP contribution in [-0.2, 0) is 24.9 Å². The zero-order chi connectivity index (χ0) is 16.9. The van der Waals surface area contributed by atoms with Gasteiger partial charge in [-0.15, -0.1) is 0 Å². The molecule has 7 heteroatoms. The summed E-state index contributed by atoms with van der Waals surface area (Å²) >= 11 is 6.00. The van der Waals surface area contributed by atoms with Crippen molar-refractivity contribution in [2.45, 2.75) is 19.2 Å². The highest BCUT2D eigenvalue weighted by Crippen LogP contribution is 2.23. The summed E-state index contributed by atoms with van der Waals surface area (Å²) in [5.41, 5.74) is 1.85. The number of benzene rings is 1. The SMILES string of the molecule is COCc1cc(CNC(c2ccc(Cl)cc2)c2nccn2C)on1. The average molecular weight is 347 g/mol. The Hall–Kier alpha value is -2.15. The number of hydrogen-bond donors (Lipinski definition) is 1. The van der Waals surface area contributed by atoms with E-state index >= 15 is 0 Å². The van der Waals surface area contributed by atoms with Gasteiger partial charge in [-0.3, -0.25) is 5.32 Å². The van der Waals surface area contributed by atoms with Gasteiger partial charge in [0.2, 0.25) is 0 Å². The van der Waals surface area contributed by atoms with E-state index in [-0.39, 0.29) is 6.04 Å². The fourth-order valence-corrected chi connectivity index (χ4v) is 2.65. The topological polar surface area (TPSA) is 65.1 Å². The normalized spacial score (nSPS) is 12.5. The van der Waals surface area contributed by atoms with E-state index in [2.05, 4.69) is 15.5 Å². The maximum Gasteiger partial charge on any atom is 0.150 e. The van der Waals surface area contributed by atoms with Crippen molar-refractivity contribution < 1.29 is 9.26 Å². The van der Waals surface area contributed by atoms with E-state index in [1.807, 2.05) is 48.1 Å². The third-order valence-electron chi connectivity index (χ3n) is 3.70. The van der Waals surface area contributed by atoms with Gasteiger partial charge in [-0.05, 0) is 17.7 Å². The Morgan fingerprint density at radius 3 is 2.79 bits per heavy atom. The molecule has 6 nitrogen and oxygen atoms in total. The van der Waals surface area contributed by atoms with Crippen LogP contribution in [-0.4, -0.2) is 21.8 Å². The maximum absolute atomic E-state index is 6.00. The predicted molar refractivity (Wildman–Crippen MR) is 90.6 cm³/mol. The quantitative estimate of drug-likeness (QED) is 0.712. The lowest BCUT2D eigenvalue weighted by molar-refractivity contribution is 0.177. The molecule has 1 N–H and O–H groups in total. The van der Waals surface area contributed by atoms with Crippen molar-refractivity contribution in [3.05, 3.63) is 70.6 Å². The Labute approximate surface area is 145 Å². The number of aromatic nitrogens is 3. The van der Waals surface area contributed by atoms with E-state index < -0.39 is 0 Å². The minimum atomic E-state index is -0.0850. The van der Waals surface area contributed by atoms with Gasteiger partial charge >= 0.3 is 0 Å². The fourth-order valence-electron chi connectivity index (χ4n) is 2.53. The molecule has 1 aromatic carbocycles. The number of hydrogen-bond acceptors (Lipinski definition) is 5. The van der Waals surface area contributed by atoms with Gasteiger partial charge in [0.1, 0.15) is 11.5 Å². The molecule has 0 saturated carbocycles. The number of aryl methyl sites for hydroxylation is 1. The summed E-state index contributed by atoms with van der Waals surface area (Å²) in [5.74, 6) is 1.66. The summed E-state index contributed by atoms with van der Waals surface area (Å²) in [6, 6.07) is 9.53. The molecule has 0 aliphatic carbocycles. The lowest BCUT2D eigenvalue weighted by Gasteiger charge is -2.18. The molecule has 2 heterocycles. The van der Waals surface area contributed by atoms with Crippen LogP contribution in [0.1, 0.15) is 28.9 Å². The van der Waals surface area contributed by atoms with E-state index in [4.69, 9.17) is 20.9 Å². The Kier molecular flexibility index (Phi) is 5.30. The average Bonchev–Trinajstić information content (AvgIpc) is 3.19. The molecule has 126 valence electrons. The second-order valence-electron chi connectivity index (χ2n) is 5.48. The molecule has 0 amide bonds. The van der Waals surface area contributed by atoms with Gasteiger partial charge in [0.15, 0.2) is 5.76 Å². The monoisotopic (exact) mass is 346 g/mol. The molecule has 1 unspecified atom stereocenters. The van der Waals surface area contributed by atoms with E-state index in [1.165, 1.54) is 0 Å². The number of nitrogens with one attached hydrogen (secondary N) is 1. The van der Waals surface area contributed by atoms with Gasteiger partial charge in [-0.1, -0.05) is 28.9 Å². The molecule has 1 atom stereocenters. The lowest BCUT2D eigenvalue weighted by atomic mass is 10.1. The van der Waals surface area contributed by atoms with Crippen LogP contribution in [0.4, 0.5) is 0 Å². The number of halogens is 1. The van der Waals surface area contributed by atoms with Crippen LogP contribution in [0.5, 0.6) is 0 Å². The minimum absolute atomic E-state index is 0.0850. The summed E-state index contributed by atoms with van der Waals surface area (Å²) in [4.78, 5) is 4.46. The van der Waals surface area contributed by atoms with Crippen molar-refractivity contribution in [1.29, 1.82) is 0 Å². The first kappa shape index (κ1) is 16.7. The van der Waals surface area contributed by atoms with Gasteiger partial charge in [-0.2, -0.15) is 0 Å². The molecule has 2 aromatic heterocycles. The smallest absolute Gasteiger partial charge is 0.150 e. The molecule has 0 fully saturated rings. The van der Waals surface area contributed by atoms with Crippen LogP contribution in [0, 0.1) is 0 Å². The number of imidazole rings is 1.